The summed E-state index contributed by atoms with van der Waals surface area (Å²) in [6.07, 6.45) is 3.10. The van der Waals surface area contributed by atoms with Gasteiger partial charge in [0, 0.05) is 20.0 Å². The molecule has 19 heavy (non-hydrogen) atoms. The summed E-state index contributed by atoms with van der Waals surface area (Å²) in [5, 5.41) is 19.4. The predicted molar refractivity (Wildman–Crippen MR) is 64.4 cm³/mol. The summed E-state index contributed by atoms with van der Waals surface area (Å²) in [5.74, 6) is -1.02. The summed E-state index contributed by atoms with van der Waals surface area (Å²) < 4.78 is 14.7. The zero-order valence-electron chi connectivity index (χ0n) is 10.2. The molecule has 0 atom stereocenters. The number of carboxylic acids is 1. The second-order valence-corrected chi connectivity index (χ2v) is 3.89. The number of nitrogens with one attached hydrogen (secondary N) is 1. The van der Waals surface area contributed by atoms with E-state index in [0.717, 1.165) is 18.1 Å². The molecule has 0 amide bonds. The molecule has 100 valence electrons. The summed E-state index contributed by atoms with van der Waals surface area (Å²) >= 11 is 0. The molecule has 2 aromatic rings. The van der Waals surface area contributed by atoms with Crippen LogP contribution in [-0.4, -0.2) is 37.4 Å². The van der Waals surface area contributed by atoms with E-state index in [9.17, 15) is 9.18 Å². The highest BCUT2D eigenvalue weighted by atomic mass is 19.1. The number of anilines is 1. The first-order valence-corrected chi connectivity index (χ1v) is 5.53. The smallest absolute Gasteiger partial charge is 0.339 e. The molecular formula is C11H12FN5O2. The molecule has 0 aliphatic heterocycles. The van der Waals surface area contributed by atoms with Gasteiger partial charge in [-0.3, -0.25) is 0 Å². The molecule has 8 heteroatoms. The van der Waals surface area contributed by atoms with Crippen molar-refractivity contribution < 1.29 is 14.3 Å². The zero-order valence-corrected chi connectivity index (χ0v) is 10.2. The van der Waals surface area contributed by atoms with Crippen molar-refractivity contribution in [1.29, 1.82) is 0 Å². The zero-order chi connectivity index (χ0) is 13.8. The van der Waals surface area contributed by atoms with Gasteiger partial charge in [-0.15, -0.1) is 10.2 Å². The Labute approximate surface area is 108 Å². The van der Waals surface area contributed by atoms with Gasteiger partial charge in [0.25, 0.3) is 0 Å². The molecule has 2 N–H and O–H groups in total. The van der Waals surface area contributed by atoms with E-state index in [1.165, 1.54) is 0 Å². The Bertz CT molecular complexity index is 599. The lowest BCUT2D eigenvalue weighted by atomic mass is 10.2. The number of pyridine rings is 1. The van der Waals surface area contributed by atoms with Crippen LogP contribution >= 0.6 is 0 Å². The number of carboxylic acid groups (broad SMARTS) is 1. The van der Waals surface area contributed by atoms with Crippen LogP contribution in [0.2, 0.25) is 0 Å². The maximum Gasteiger partial charge on any atom is 0.339 e. The van der Waals surface area contributed by atoms with Gasteiger partial charge in [-0.1, -0.05) is 0 Å². The average Bonchev–Trinajstić information content (AvgIpc) is 2.77. The van der Waals surface area contributed by atoms with Crippen molar-refractivity contribution in [3.63, 3.8) is 0 Å². The molecule has 0 fully saturated rings. The molecule has 0 saturated heterocycles. The molecule has 0 saturated carbocycles. The third kappa shape index (κ3) is 3.03. The van der Waals surface area contributed by atoms with Crippen molar-refractivity contribution >= 4 is 11.8 Å². The minimum absolute atomic E-state index is 0.135. The van der Waals surface area contributed by atoms with Crippen LogP contribution in [0.15, 0.2) is 18.6 Å². The Morgan fingerprint density at radius 3 is 3.00 bits per heavy atom. The summed E-state index contributed by atoms with van der Waals surface area (Å²) in [4.78, 5) is 14.7. The fourth-order valence-electron chi connectivity index (χ4n) is 1.57. The normalized spacial score (nSPS) is 10.4. The third-order valence-electron chi connectivity index (χ3n) is 2.53. The topological polar surface area (TPSA) is 92.9 Å². The largest absolute Gasteiger partial charge is 0.478 e. The van der Waals surface area contributed by atoms with E-state index in [-0.39, 0.29) is 11.4 Å². The van der Waals surface area contributed by atoms with Gasteiger partial charge in [0.15, 0.2) is 0 Å². The first kappa shape index (κ1) is 12.9. The van der Waals surface area contributed by atoms with Crippen molar-refractivity contribution in [1.82, 2.24) is 19.7 Å². The minimum atomic E-state index is -1.23. The molecule has 2 rings (SSSR count). The lowest BCUT2D eigenvalue weighted by Gasteiger charge is -2.08. The monoisotopic (exact) mass is 265 g/mol. The summed E-state index contributed by atoms with van der Waals surface area (Å²) in [7, 11) is 1.81. The Morgan fingerprint density at radius 1 is 1.58 bits per heavy atom. The predicted octanol–water partition coefficient (Wildman–Crippen LogP) is 0.702. The molecule has 0 aromatic carbocycles. The highest BCUT2D eigenvalue weighted by Gasteiger charge is 2.12. The summed E-state index contributed by atoms with van der Waals surface area (Å²) in [5.41, 5.74) is -0.196. The molecular weight excluding hydrogens is 253 g/mol. The third-order valence-corrected chi connectivity index (χ3v) is 2.53. The first-order chi connectivity index (χ1) is 9.08. The number of aromatic carboxylic acids is 1. The van der Waals surface area contributed by atoms with Gasteiger partial charge in [-0.25, -0.2) is 14.2 Å². The maximum absolute atomic E-state index is 12.9. The van der Waals surface area contributed by atoms with Crippen molar-refractivity contribution in [3.8, 4) is 0 Å². The van der Waals surface area contributed by atoms with Gasteiger partial charge in [-0.05, 0) is 6.07 Å². The van der Waals surface area contributed by atoms with Crippen molar-refractivity contribution in [3.05, 3.63) is 35.8 Å². The van der Waals surface area contributed by atoms with E-state index >= 15 is 0 Å². The lowest BCUT2D eigenvalue weighted by Crippen LogP contribution is -2.13. The van der Waals surface area contributed by atoms with Crippen LogP contribution in [-0.2, 0) is 13.5 Å². The highest BCUT2D eigenvalue weighted by molar-refractivity contribution is 5.93. The van der Waals surface area contributed by atoms with Crippen LogP contribution < -0.4 is 5.32 Å². The molecule has 2 aromatic heterocycles. The van der Waals surface area contributed by atoms with E-state index in [4.69, 9.17) is 5.11 Å². The second-order valence-electron chi connectivity index (χ2n) is 3.89. The molecule has 0 bridgehead atoms. The molecule has 2 heterocycles. The number of hydrogen-bond donors (Lipinski definition) is 2. The Kier molecular flexibility index (Phi) is 3.69. The summed E-state index contributed by atoms with van der Waals surface area (Å²) in [6.45, 7) is 0.422. The van der Waals surface area contributed by atoms with E-state index in [0.29, 0.717) is 13.0 Å². The summed E-state index contributed by atoms with van der Waals surface area (Å²) in [6, 6.07) is 0.931. The molecule has 7 nitrogen and oxygen atoms in total. The highest BCUT2D eigenvalue weighted by Crippen LogP contribution is 2.13. The van der Waals surface area contributed by atoms with E-state index in [1.807, 2.05) is 7.05 Å². The number of aryl methyl sites for hydroxylation is 1. The Balaban J connectivity index is 2.03. The van der Waals surface area contributed by atoms with Crippen molar-refractivity contribution in [2.24, 2.45) is 7.05 Å². The minimum Gasteiger partial charge on any atom is -0.478 e. The SMILES string of the molecule is Cn1cnnc1CCNc1ncc(F)cc1C(=O)O. The number of nitrogens with zero attached hydrogens (tertiary/aromatic N) is 4. The quantitative estimate of drug-likeness (QED) is 0.826. The maximum atomic E-state index is 12.9. The second kappa shape index (κ2) is 5.42. The van der Waals surface area contributed by atoms with Gasteiger partial charge in [0.05, 0.1) is 6.20 Å². The average molecular weight is 265 g/mol. The molecule has 0 unspecified atom stereocenters. The van der Waals surface area contributed by atoms with Crippen LogP contribution in [0.3, 0.4) is 0 Å². The molecule has 0 radical (unpaired) electrons. The van der Waals surface area contributed by atoms with Gasteiger partial charge in [-0.2, -0.15) is 0 Å². The number of rotatable bonds is 5. The molecule has 0 spiro atoms. The van der Waals surface area contributed by atoms with Gasteiger partial charge >= 0.3 is 5.97 Å². The van der Waals surface area contributed by atoms with Crippen LogP contribution in [0.25, 0.3) is 0 Å². The molecule has 0 aliphatic rings. The van der Waals surface area contributed by atoms with Crippen LogP contribution in [0.4, 0.5) is 10.2 Å². The number of hydrogen-bond acceptors (Lipinski definition) is 5. The number of aromatic nitrogens is 4. The van der Waals surface area contributed by atoms with Crippen molar-refractivity contribution in [2.45, 2.75) is 6.42 Å². The van der Waals surface area contributed by atoms with E-state index < -0.39 is 11.8 Å². The van der Waals surface area contributed by atoms with Crippen molar-refractivity contribution in [2.75, 3.05) is 11.9 Å². The fraction of sp³-hybridized carbons (Fsp3) is 0.273. The van der Waals surface area contributed by atoms with Crippen LogP contribution in [0, 0.1) is 5.82 Å². The van der Waals surface area contributed by atoms with Crippen LogP contribution in [0.5, 0.6) is 0 Å². The van der Waals surface area contributed by atoms with E-state index in [2.05, 4.69) is 20.5 Å². The van der Waals surface area contributed by atoms with Gasteiger partial charge in [0.1, 0.15) is 29.4 Å². The first-order valence-electron chi connectivity index (χ1n) is 5.53. The number of halogens is 1. The fourth-order valence-corrected chi connectivity index (χ4v) is 1.57. The number of carbonyl (C=O) groups is 1. The van der Waals surface area contributed by atoms with Crippen LogP contribution in [0.1, 0.15) is 16.2 Å². The lowest BCUT2D eigenvalue weighted by molar-refractivity contribution is 0.0697. The molecule has 0 aliphatic carbocycles. The van der Waals surface area contributed by atoms with Gasteiger partial charge in [0.2, 0.25) is 0 Å². The Morgan fingerprint density at radius 2 is 2.37 bits per heavy atom. The standard InChI is InChI=1S/C11H12FN5O2/c1-17-6-15-16-9(17)2-3-13-10-8(11(18)19)4-7(12)5-14-10/h4-6H,2-3H2,1H3,(H,13,14)(H,18,19). The Hall–Kier alpha value is -2.51. The van der Waals surface area contributed by atoms with E-state index in [1.54, 1.807) is 10.9 Å². The van der Waals surface area contributed by atoms with Gasteiger partial charge < -0.3 is 15.0 Å².